The van der Waals surface area contributed by atoms with E-state index in [1.807, 2.05) is 6.07 Å². The summed E-state index contributed by atoms with van der Waals surface area (Å²) in [5, 5.41) is 3.51. The molecule has 2 rings (SSSR count). The SMILES string of the molecule is COC(=O)c1cc(Br)cc(Br)c1NC1CCCCC1CN. The first-order chi connectivity index (χ1) is 10.1. The van der Waals surface area contributed by atoms with Crippen molar-refractivity contribution in [1.29, 1.82) is 0 Å². The molecule has 4 nitrogen and oxygen atoms in total. The van der Waals surface area contributed by atoms with Gasteiger partial charge in [-0.05, 0) is 53.4 Å². The van der Waals surface area contributed by atoms with Crippen molar-refractivity contribution in [3.63, 3.8) is 0 Å². The van der Waals surface area contributed by atoms with E-state index >= 15 is 0 Å². The second kappa shape index (κ2) is 7.61. The molecule has 3 N–H and O–H groups in total. The third kappa shape index (κ3) is 3.99. The molecule has 1 saturated carbocycles. The fourth-order valence-corrected chi connectivity index (χ4v) is 4.20. The molecule has 0 radical (unpaired) electrons. The number of methoxy groups -OCH3 is 1. The minimum atomic E-state index is -0.348. The zero-order chi connectivity index (χ0) is 15.4. The molecule has 0 spiro atoms. The van der Waals surface area contributed by atoms with Crippen LogP contribution in [-0.4, -0.2) is 25.7 Å². The third-order valence-electron chi connectivity index (χ3n) is 4.00. The number of anilines is 1. The molecule has 116 valence electrons. The van der Waals surface area contributed by atoms with Crippen LogP contribution in [0.1, 0.15) is 36.0 Å². The zero-order valence-corrected chi connectivity index (χ0v) is 15.2. The maximum Gasteiger partial charge on any atom is 0.340 e. The van der Waals surface area contributed by atoms with Gasteiger partial charge in [-0.15, -0.1) is 0 Å². The molecule has 1 aromatic carbocycles. The minimum absolute atomic E-state index is 0.296. The molecule has 2 unspecified atom stereocenters. The molecular weight excluding hydrogens is 400 g/mol. The van der Waals surface area contributed by atoms with Crippen LogP contribution in [0.15, 0.2) is 21.1 Å². The number of hydrogen-bond acceptors (Lipinski definition) is 4. The largest absolute Gasteiger partial charge is 0.465 e. The number of hydrogen-bond donors (Lipinski definition) is 2. The lowest BCUT2D eigenvalue weighted by Crippen LogP contribution is -2.37. The van der Waals surface area contributed by atoms with Crippen molar-refractivity contribution in [1.82, 2.24) is 0 Å². The minimum Gasteiger partial charge on any atom is -0.465 e. The van der Waals surface area contributed by atoms with Gasteiger partial charge in [0.1, 0.15) is 0 Å². The van der Waals surface area contributed by atoms with E-state index in [4.69, 9.17) is 10.5 Å². The highest BCUT2D eigenvalue weighted by Gasteiger charge is 2.26. The highest BCUT2D eigenvalue weighted by Crippen LogP contribution is 2.34. The van der Waals surface area contributed by atoms with Gasteiger partial charge in [0.15, 0.2) is 0 Å². The third-order valence-corrected chi connectivity index (χ3v) is 5.09. The van der Waals surface area contributed by atoms with E-state index in [9.17, 15) is 4.79 Å². The summed E-state index contributed by atoms with van der Waals surface area (Å²) in [4.78, 5) is 12.0. The van der Waals surface area contributed by atoms with Crippen LogP contribution in [0.3, 0.4) is 0 Å². The lowest BCUT2D eigenvalue weighted by Gasteiger charge is -2.33. The summed E-state index contributed by atoms with van der Waals surface area (Å²) in [5.74, 6) is 0.0967. The van der Waals surface area contributed by atoms with Gasteiger partial charge < -0.3 is 15.8 Å². The molecule has 0 saturated heterocycles. The van der Waals surface area contributed by atoms with E-state index in [2.05, 4.69) is 37.2 Å². The van der Waals surface area contributed by atoms with Gasteiger partial charge in [-0.25, -0.2) is 4.79 Å². The Morgan fingerprint density at radius 1 is 1.38 bits per heavy atom. The Labute approximate surface area is 142 Å². The summed E-state index contributed by atoms with van der Waals surface area (Å²) >= 11 is 6.94. The fourth-order valence-electron chi connectivity index (χ4n) is 2.86. The van der Waals surface area contributed by atoms with Crippen molar-refractivity contribution in [2.24, 2.45) is 11.7 Å². The van der Waals surface area contributed by atoms with Gasteiger partial charge >= 0.3 is 5.97 Å². The van der Waals surface area contributed by atoms with Crippen LogP contribution in [0.5, 0.6) is 0 Å². The number of ether oxygens (including phenoxy) is 1. The van der Waals surface area contributed by atoms with E-state index in [0.29, 0.717) is 24.1 Å². The number of nitrogens with one attached hydrogen (secondary N) is 1. The van der Waals surface area contributed by atoms with Crippen LogP contribution in [0, 0.1) is 5.92 Å². The number of nitrogens with two attached hydrogens (primary N) is 1. The molecule has 1 aliphatic rings. The first kappa shape index (κ1) is 16.8. The monoisotopic (exact) mass is 418 g/mol. The van der Waals surface area contributed by atoms with E-state index < -0.39 is 0 Å². The van der Waals surface area contributed by atoms with Crippen LogP contribution in [0.4, 0.5) is 5.69 Å². The summed E-state index contributed by atoms with van der Waals surface area (Å²) in [6.07, 6.45) is 4.63. The second-order valence-corrected chi connectivity index (χ2v) is 7.10. The number of carbonyl (C=O) groups excluding carboxylic acids is 1. The number of carbonyl (C=O) groups is 1. The summed E-state index contributed by atoms with van der Waals surface area (Å²) in [6.45, 7) is 0.666. The van der Waals surface area contributed by atoms with E-state index in [0.717, 1.165) is 27.5 Å². The van der Waals surface area contributed by atoms with Crippen LogP contribution in [-0.2, 0) is 4.74 Å². The van der Waals surface area contributed by atoms with Gasteiger partial charge in [-0.3, -0.25) is 0 Å². The van der Waals surface area contributed by atoms with Crippen molar-refractivity contribution in [2.75, 3.05) is 19.0 Å². The smallest absolute Gasteiger partial charge is 0.340 e. The summed E-state index contributed by atoms with van der Waals surface area (Å²) in [6, 6.07) is 4.00. The number of esters is 1. The quantitative estimate of drug-likeness (QED) is 0.725. The van der Waals surface area contributed by atoms with Gasteiger partial charge in [0.05, 0.1) is 18.4 Å². The average molecular weight is 420 g/mol. The maximum atomic E-state index is 12.0. The Morgan fingerprint density at radius 3 is 2.76 bits per heavy atom. The highest BCUT2D eigenvalue weighted by atomic mass is 79.9. The van der Waals surface area contributed by atoms with Crippen LogP contribution in [0.25, 0.3) is 0 Å². The molecule has 0 amide bonds. The molecule has 0 heterocycles. The van der Waals surface area contributed by atoms with Crippen LogP contribution in [0.2, 0.25) is 0 Å². The van der Waals surface area contributed by atoms with Crippen LogP contribution < -0.4 is 11.1 Å². The molecule has 1 aliphatic carbocycles. The van der Waals surface area contributed by atoms with Crippen molar-refractivity contribution < 1.29 is 9.53 Å². The first-order valence-electron chi connectivity index (χ1n) is 7.10. The van der Waals surface area contributed by atoms with Crippen molar-refractivity contribution in [2.45, 2.75) is 31.7 Å². The molecule has 0 aliphatic heterocycles. The lowest BCUT2D eigenvalue weighted by atomic mass is 9.84. The molecule has 2 atom stereocenters. The van der Waals surface area contributed by atoms with Crippen molar-refractivity contribution in [3.05, 3.63) is 26.6 Å². The zero-order valence-electron chi connectivity index (χ0n) is 12.0. The molecule has 1 fully saturated rings. The van der Waals surface area contributed by atoms with Gasteiger partial charge in [-0.2, -0.15) is 0 Å². The average Bonchev–Trinajstić information content (AvgIpc) is 2.49. The predicted molar refractivity (Wildman–Crippen MR) is 91.6 cm³/mol. The van der Waals surface area contributed by atoms with Crippen molar-refractivity contribution in [3.8, 4) is 0 Å². The molecule has 21 heavy (non-hydrogen) atoms. The van der Waals surface area contributed by atoms with Crippen LogP contribution >= 0.6 is 31.9 Å². The first-order valence-corrected chi connectivity index (χ1v) is 8.69. The van der Waals surface area contributed by atoms with E-state index in [-0.39, 0.29) is 5.97 Å². The number of halogens is 2. The normalized spacial score (nSPS) is 21.9. The maximum absolute atomic E-state index is 12.0. The molecular formula is C15H20Br2N2O2. The molecule has 6 heteroatoms. The van der Waals surface area contributed by atoms with E-state index in [1.165, 1.54) is 20.0 Å². The summed E-state index contributed by atoms with van der Waals surface area (Å²) in [5.41, 5.74) is 7.20. The second-order valence-electron chi connectivity index (χ2n) is 5.33. The Balaban J connectivity index is 2.31. The van der Waals surface area contributed by atoms with Crippen molar-refractivity contribution >= 4 is 43.5 Å². The topological polar surface area (TPSA) is 64.3 Å². The van der Waals surface area contributed by atoms with E-state index in [1.54, 1.807) is 6.07 Å². The standard InChI is InChI=1S/C15H20Br2N2O2/c1-21-15(20)11-6-10(16)7-12(17)14(11)19-13-5-3-2-4-9(13)8-18/h6-7,9,13,19H,2-5,8,18H2,1H3. The molecule has 1 aromatic rings. The Bertz CT molecular complexity index is 523. The predicted octanol–water partition coefficient (Wildman–Crippen LogP) is 3.93. The highest BCUT2D eigenvalue weighted by molar-refractivity contribution is 9.11. The molecule has 0 bridgehead atoms. The van der Waals surface area contributed by atoms with Gasteiger partial charge in [-0.1, -0.05) is 28.8 Å². The summed E-state index contributed by atoms with van der Waals surface area (Å²) in [7, 11) is 1.39. The van der Waals surface area contributed by atoms with Gasteiger partial charge in [0, 0.05) is 15.0 Å². The van der Waals surface area contributed by atoms with Gasteiger partial charge in [0.2, 0.25) is 0 Å². The number of benzene rings is 1. The lowest BCUT2D eigenvalue weighted by molar-refractivity contribution is 0.0601. The van der Waals surface area contributed by atoms with Gasteiger partial charge in [0.25, 0.3) is 0 Å². The Morgan fingerprint density at radius 2 is 2.10 bits per heavy atom. The summed E-state index contributed by atoms with van der Waals surface area (Å²) < 4.78 is 6.56. The number of rotatable bonds is 4. The fraction of sp³-hybridized carbons (Fsp3) is 0.533. The Hall–Kier alpha value is -0.590. The molecule has 0 aromatic heterocycles. The Kier molecular flexibility index (Phi) is 6.08.